The maximum atomic E-state index is 6.48. The van der Waals surface area contributed by atoms with Crippen LogP contribution in [0.25, 0.3) is 44.4 Å². The molecule has 3 heterocycles. The van der Waals surface area contributed by atoms with Crippen molar-refractivity contribution >= 4 is 21.8 Å². The molecular formula is C43H42N4OPt. The van der Waals surface area contributed by atoms with E-state index >= 15 is 0 Å². The van der Waals surface area contributed by atoms with Crippen molar-refractivity contribution in [2.24, 2.45) is 5.92 Å². The topological polar surface area (TPSA) is 44.9 Å². The van der Waals surface area contributed by atoms with E-state index in [0.29, 0.717) is 17.4 Å². The zero-order valence-electron chi connectivity index (χ0n) is 28.9. The summed E-state index contributed by atoms with van der Waals surface area (Å²) < 4.78 is 10.7. The second-order valence-corrected chi connectivity index (χ2v) is 13.2. The van der Waals surface area contributed by atoms with Crippen LogP contribution in [0, 0.1) is 31.9 Å². The van der Waals surface area contributed by atoms with Gasteiger partial charge in [-0.05, 0) is 85.0 Å². The quantitative estimate of drug-likeness (QED) is 0.0964. The summed E-state index contributed by atoms with van der Waals surface area (Å²) >= 11 is 0. The molecule has 0 radical (unpaired) electrons. The second-order valence-electron chi connectivity index (χ2n) is 13.2. The second kappa shape index (κ2) is 15.0. The fourth-order valence-electron chi connectivity index (χ4n) is 6.82. The van der Waals surface area contributed by atoms with Crippen molar-refractivity contribution in [1.82, 2.24) is 19.3 Å². The van der Waals surface area contributed by atoms with Gasteiger partial charge in [-0.1, -0.05) is 81.6 Å². The fourth-order valence-corrected chi connectivity index (χ4v) is 6.82. The predicted octanol–water partition coefficient (Wildman–Crippen LogP) is 11.0. The Morgan fingerprint density at radius 2 is 1.61 bits per heavy atom. The molecule has 0 fully saturated rings. The molecule has 6 heteroatoms. The first-order valence-electron chi connectivity index (χ1n) is 17.2. The van der Waals surface area contributed by atoms with E-state index in [1.54, 1.807) is 0 Å². The first-order chi connectivity index (χ1) is 23.4. The minimum Gasteiger partial charge on any atom is -0.509 e. The molecule has 250 valence electrons. The number of unbranched alkanes of at least 4 members (excludes halogenated alkanes) is 2. The smallest absolute Gasteiger partial charge is 0.509 e. The van der Waals surface area contributed by atoms with Crippen LogP contribution in [0.3, 0.4) is 0 Å². The van der Waals surface area contributed by atoms with Crippen LogP contribution in [-0.2, 0) is 33.9 Å². The van der Waals surface area contributed by atoms with Crippen LogP contribution in [0.15, 0.2) is 97.2 Å². The molecule has 49 heavy (non-hydrogen) atoms. The average Bonchev–Trinajstić information content (AvgIpc) is 3.57. The number of aromatic nitrogens is 4. The minimum atomic E-state index is 0. The first kappa shape index (κ1) is 34.4. The summed E-state index contributed by atoms with van der Waals surface area (Å²) in [5, 5.41) is 7.23. The van der Waals surface area contributed by atoms with E-state index in [1.165, 1.54) is 35.8 Å². The van der Waals surface area contributed by atoms with E-state index in [0.717, 1.165) is 63.3 Å². The molecule has 5 nitrogen and oxygen atoms in total. The molecule has 0 saturated carbocycles. The van der Waals surface area contributed by atoms with Crippen LogP contribution in [0.5, 0.6) is 11.5 Å². The van der Waals surface area contributed by atoms with Crippen LogP contribution in [0.2, 0.25) is 0 Å². The third-order valence-corrected chi connectivity index (χ3v) is 9.02. The summed E-state index contributed by atoms with van der Waals surface area (Å²) in [4.78, 5) is 4.86. The molecule has 0 spiro atoms. The average molecular weight is 826 g/mol. The number of ether oxygens (including phenoxy) is 1. The molecule has 0 unspecified atom stereocenters. The summed E-state index contributed by atoms with van der Waals surface area (Å²) in [6.07, 6.45) is 7.66. The van der Waals surface area contributed by atoms with E-state index in [-0.39, 0.29) is 21.1 Å². The van der Waals surface area contributed by atoms with Gasteiger partial charge < -0.3 is 9.30 Å². The van der Waals surface area contributed by atoms with Crippen LogP contribution in [0.1, 0.15) is 62.5 Å². The van der Waals surface area contributed by atoms with Gasteiger partial charge in [0, 0.05) is 34.5 Å². The summed E-state index contributed by atoms with van der Waals surface area (Å²) in [6, 6.07) is 38.8. The SMILES string of the molecule is CCCCCc1ccc2c(c1)c1ccc(Oc3[c-]c(-n4nc(C)c(-c5ccccc5)c4C)ccc3)[c-]c1n2-c1cc(CC(C)C)ccn1.[Pt+2]. The molecule has 0 amide bonds. The van der Waals surface area contributed by atoms with Gasteiger partial charge in [0.25, 0.3) is 0 Å². The van der Waals surface area contributed by atoms with E-state index in [4.69, 9.17) is 14.8 Å². The third kappa shape index (κ3) is 7.14. The Morgan fingerprint density at radius 3 is 2.41 bits per heavy atom. The number of hydrogen-bond acceptors (Lipinski definition) is 3. The van der Waals surface area contributed by atoms with Gasteiger partial charge in [0.15, 0.2) is 0 Å². The molecule has 7 aromatic rings. The largest absolute Gasteiger partial charge is 2.00 e. The monoisotopic (exact) mass is 825 g/mol. The van der Waals surface area contributed by atoms with Crippen molar-refractivity contribution in [3.05, 3.63) is 132 Å². The molecule has 3 aromatic heterocycles. The van der Waals surface area contributed by atoms with E-state index in [1.807, 2.05) is 41.2 Å². The molecule has 4 aromatic carbocycles. The van der Waals surface area contributed by atoms with E-state index in [9.17, 15) is 0 Å². The predicted molar refractivity (Wildman–Crippen MR) is 197 cm³/mol. The van der Waals surface area contributed by atoms with Crippen molar-refractivity contribution in [3.8, 4) is 34.1 Å². The van der Waals surface area contributed by atoms with Crippen molar-refractivity contribution in [2.75, 3.05) is 0 Å². The summed E-state index contributed by atoms with van der Waals surface area (Å²) in [7, 11) is 0. The van der Waals surface area contributed by atoms with Gasteiger partial charge in [0.05, 0.1) is 5.69 Å². The maximum Gasteiger partial charge on any atom is 2.00 e. The summed E-state index contributed by atoms with van der Waals surface area (Å²) in [5.41, 5.74) is 9.87. The van der Waals surface area contributed by atoms with E-state index < -0.39 is 0 Å². The Morgan fingerprint density at radius 1 is 0.796 bits per heavy atom. The molecule has 0 bridgehead atoms. The number of pyridine rings is 1. The van der Waals surface area contributed by atoms with Crippen LogP contribution in [0.4, 0.5) is 0 Å². The summed E-state index contributed by atoms with van der Waals surface area (Å²) in [5.74, 6) is 2.68. The van der Waals surface area contributed by atoms with Crippen LogP contribution >= 0.6 is 0 Å². The third-order valence-electron chi connectivity index (χ3n) is 9.02. The van der Waals surface area contributed by atoms with Crippen molar-refractivity contribution in [1.29, 1.82) is 0 Å². The number of benzene rings is 4. The van der Waals surface area contributed by atoms with Gasteiger partial charge >= 0.3 is 21.1 Å². The zero-order valence-corrected chi connectivity index (χ0v) is 31.1. The van der Waals surface area contributed by atoms with Gasteiger partial charge in [-0.3, -0.25) is 4.68 Å². The number of fused-ring (bicyclic) bond motifs is 3. The van der Waals surface area contributed by atoms with Crippen molar-refractivity contribution < 1.29 is 25.8 Å². The molecule has 0 atom stereocenters. The van der Waals surface area contributed by atoms with Crippen molar-refractivity contribution in [2.45, 2.75) is 66.7 Å². The van der Waals surface area contributed by atoms with Crippen LogP contribution < -0.4 is 4.74 Å². The molecule has 0 saturated heterocycles. The number of rotatable bonds is 11. The molecule has 0 N–H and O–H groups in total. The zero-order chi connectivity index (χ0) is 33.2. The van der Waals surface area contributed by atoms with Gasteiger partial charge in [-0.2, -0.15) is 17.2 Å². The van der Waals surface area contributed by atoms with E-state index in [2.05, 4.69) is 112 Å². The number of hydrogen-bond donors (Lipinski definition) is 0. The van der Waals surface area contributed by atoms with Crippen molar-refractivity contribution in [3.63, 3.8) is 0 Å². The fraction of sp³-hybridized carbons (Fsp3) is 0.256. The molecule has 0 aliphatic carbocycles. The van der Waals surface area contributed by atoms with Gasteiger partial charge in [0.1, 0.15) is 5.82 Å². The summed E-state index contributed by atoms with van der Waals surface area (Å²) in [6.45, 7) is 10.9. The standard InChI is InChI=1S/C43H42N4O.Pt/c1-6-7-9-13-32-18-21-40-39(25-32)38-20-19-37(28-41(38)46(40)42-26-33(22-23-44-42)24-29(2)3)48-36-17-12-16-35(27-36)47-31(5)43(30(4)45-47)34-14-10-8-11-15-34;/h8,10-12,14-23,25-26,29H,6-7,9,13,24H2,1-5H3;/q-2;+2. The molecule has 0 aliphatic rings. The number of aryl methyl sites for hydroxylation is 2. The molecule has 0 aliphatic heterocycles. The van der Waals surface area contributed by atoms with Gasteiger partial charge in [-0.25, -0.2) is 4.98 Å². The Bertz CT molecular complexity index is 2210. The van der Waals surface area contributed by atoms with Gasteiger partial charge in [-0.15, -0.1) is 35.7 Å². The Labute approximate surface area is 304 Å². The Hall–Kier alpha value is -4.47. The minimum absolute atomic E-state index is 0. The maximum absolute atomic E-state index is 6.48. The molecule has 7 rings (SSSR count). The van der Waals surface area contributed by atoms with Gasteiger partial charge in [0.2, 0.25) is 0 Å². The number of nitrogens with zero attached hydrogens (tertiary/aromatic N) is 4. The van der Waals surface area contributed by atoms with Crippen LogP contribution in [-0.4, -0.2) is 19.3 Å². The Kier molecular flexibility index (Phi) is 10.5. The first-order valence-corrected chi connectivity index (χ1v) is 17.2. The normalized spacial score (nSPS) is 11.4. The Balaban J connectivity index is 0.00000417. The molecular weight excluding hydrogens is 784 g/mol.